The van der Waals surface area contributed by atoms with E-state index in [4.69, 9.17) is 21.1 Å². The maximum Gasteiger partial charge on any atom is 0.152 e. The van der Waals surface area contributed by atoms with Crippen molar-refractivity contribution in [3.05, 3.63) is 17.4 Å². The van der Waals surface area contributed by atoms with Crippen molar-refractivity contribution >= 4 is 23.0 Å². The molecule has 3 fully saturated rings. The number of ether oxygens (including phenoxy) is 2. The Labute approximate surface area is 129 Å². The van der Waals surface area contributed by atoms with E-state index in [9.17, 15) is 0 Å². The fourth-order valence-corrected chi connectivity index (χ4v) is 3.67. The third-order valence-electron chi connectivity index (χ3n) is 4.57. The van der Waals surface area contributed by atoms with Crippen LogP contribution in [-0.2, 0) is 9.47 Å². The molecule has 1 aromatic heterocycles. The van der Waals surface area contributed by atoms with E-state index in [2.05, 4.69) is 20.9 Å². The van der Waals surface area contributed by atoms with E-state index in [1.165, 1.54) is 12.8 Å². The van der Waals surface area contributed by atoms with Crippen LogP contribution in [0, 0.1) is 0 Å². The van der Waals surface area contributed by atoms with Gasteiger partial charge in [0.25, 0.3) is 0 Å². The van der Waals surface area contributed by atoms with Crippen LogP contribution in [0.25, 0.3) is 0 Å². The third-order valence-corrected chi connectivity index (χ3v) is 4.86. The summed E-state index contributed by atoms with van der Waals surface area (Å²) < 4.78 is 11.3. The van der Waals surface area contributed by atoms with Crippen LogP contribution in [0.4, 0.5) is 11.4 Å². The number of rotatable bonds is 2. The lowest BCUT2D eigenvalue weighted by molar-refractivity contribution is 0.0305. The minimum absolute atomic E-state index is 0.381. The molecule has 4 heterocycles. The van der Waals surface area contributed by atoms with E-state index in [1.807, 2.05) is 6.20 Å². The van der Waals surface area contributed by atoms with Crippen LogP contribution in [0.5, 0.6) is 0 Å². The quantitative estimate of drug-likeness (QED) is 0.781. The first-order valence-electron chi connectivity index (χ1n) is 7.68. The van der Waals surface area contributed by atoms with E-state index < -0.39 is 0 Å². The topological polar surface area (TPSA) is 37.8 Å². The molecule has 3 aliphatic heterocycles. The summed E-state index contributed by atoms with van der Waals surface area (Å²) in [7, 11) is 0. The molecule has 0 saturated carbocycles. The van der Waals surface area contributed by atoms with Gasteiger partial charge in [0.1, 0.15) is 0 Å². The zero-order chi connectivity index (χ0) is 14.2. The van der Waals surface area contributed by atoms with Gasteiger partial charge in [0.2, 0.25) is 0 Å². The first kappa shape index (κ1) is 13.6. The number of fused-ring (bicyclic) bond motifs is 2. The summed E-state index contributed by atoms with van der Waals surface area (Å²) in [5.74, 6) is 0. The van der Waals surface area contributed by atoms with Crippen molar-refractivity contribution in [1.29, 1.82) is 0 Å². The largest absolute Gasteiger partial charge is 0.378 e. The number of hydrogen-bond acceptors (Lipinski definition) is 5. The molecule has 21 heavy (non-hydrogen) atoms. The van der Waals surface area contributed by atoms with Gasteiger partial charge in [0, 0.05) is 26.2 Å². The highest BCUT2D eigenvalue weighted by molar-refractivity contribution is 6.32. The lowest BCUT2D eigenvalue weighted by atomic mass is 10.2. The second-order valence-corrected chi connectivity index (χ2v) is 6.32. The second kappa shape index (κ2) is 5.63. The maximum absolute atomic E-state index is 6.30. The lowest BCUT2D eigenvalue weighted by Gasteiger charge is -2.35. The smallest absolute Gasteiger partial charge is 0.152 e. The number of halogens is 1. The maximum atomic E-state index is 6.30. The summed E-state index contributed by atoms with van der Waals surface area (Å²) in [6.45, 7) is 5.17. The SMILES string of the molecule is Clc1ncc(N2CC3CCC(C2)O3)cc1N1CCOCC1. The molecule has 4 rings (SSSR count). The third kappa shape index (κ3) is 2.70. The Bertz CT molecular complexity index is 510. The number of nitrogens with zero attached hydrogens (tertiary/aromatic N) is 3. The Balaban J connectivity index is 1.58. The fourth-order valence-electron chi connectivity index (χ4n) is 3.45. The molecule has 0 amide bonds. The number of aromatic nitrogens is 1. The second-order valence-electron chi connectivity index (χ2n) is 5.97. The summed E-state index contributed by atoms with van der Waals surface area (Å²) in [6, 6.07) is 2.17. The van der Waals surface area contributed by atoms with Crippen LogP contribution < -0.4 is 9.80 Å². The minimum Gasteiger partial charge on any atom is -0.378 e. The summed E-state index contributed by atoms with van der Waals surface area (Å²) in [5, 5.41) is 0.580. The molecule has 1 aromatic rings. The van der Waals surface area contributed by atoms with Crippen LogP contribution in [0.2, 0.25) is 5.15 Å². The molecule has 0 aliphatic carbocycles. The molecule has 0 spiro atoms. The molecule has 2 unspecified atom stereocenters. The van der Waals surface area contributed by atoms with Crippen LogP contribution in [0.15, 0.2) is 12.3 Å². The van der Waals surface area contributed by atoms with E-state index in [0.717, 1.165) is 50.8 Å². The summed E-state index contributed by atoms with van der Waals surface area (Å²) in [4.78, 5) is 9.05. The van der Waals surface area contributed by atoms with Crippen molar-refractivity contribution in [2.45, 2.75) is 25.0 Å². The highest BCUT2D eigenvalue weighted by Crippen LogP contribution is 2.33. The monoisotopic (exact) mass is 309 g/mol. The van der Waals surface area contributed by atoms with Crippen LogP contribution >= 0.6 is 11.6 Å². The van der Waals surface area contributed by atoms with Gasteiger partial charge < -0.3 is 19.3 Å². The molecular weight excluding hydrogens is 290 g/mol. The van der Waals surface area contributed by atoms with E-state index >= 15 is 0 Å². The summed E-state index contributed by atoms with van der Waals surface area (Å²) in [6.07, 6.45) is 5.01. The summed E-state index contributed by atoms with van der Waals surface area (Å²) in [5.41, 5.74) is 2.18. The van der Waals surface area contributed by atoms with Gasteiger partial charge in [-0.1, -0.05) is 11.6 Å². The normalized spacial score (nSPS) is 29.0. The average Bonchev–Trinajstić information content (AvgIpc) is 2.87. The van der Waals surface area contributed by atoms with E-state index in [-0.39, 0.29) is 0 Å². The van der Waals surface area contributed by atoms with Gasteiger partial charge in [0.15, 0.2) is 5.15 Å². The predicted molar refractivity (Wildman–Crippen MR) is 82.4 cm³/mol. The Hall–Kier alpha value is -1.04. The van der Waals surface area contributed by atoms with Crippen molar-refractivity contribution < 1.29 is 9.47 Å². The van der Waals surface area contributed by atoms with Crippen molar-refractivity contribution in [2.75, 3.05) is 49.2 Å². The van der Waals surface area contributed by atoms with Gasteiger partial charge in [-0.2, -0.15) is 0 Å². The van der Waals surface area contributed by atoms with Crippen molar-refractivity contribution in [1.82, 2.24) is 4.98 Å². The molecule has 2 bridgehead atoms. The molecular formula is C15H20ClN3O2. The van der Waals surface area contributed by atoms with Crippen molar-refractivity contribution in [3.8, 4) is 0 Å². The first-order valence-corrected chi connectivity index (χ1v) is 8.06. The van der Waals surface area contributed by atoms with Crippen molar-refractivity contribution in [3.63, 3.8) is 0 Å². The number of pyridine rings is 1. The first-order chi connectivity index (χ1) is 10.3. The predicted octanol–water partition coefficient (Wildman–Crippen LogP) is 1.94. The van der Waals surface area contributed by atoms with Crippen LogP contribution in [-0.4, -0.2) is 56.6 Å². The average molecular weight is 310 g/mol. The van der Waals surface area contributed by atoms with Crippen molar-refractivity contribution in [2.24, 2.45) is 0 Å². The molecule has 2 atom stereocenters. The van der Waals surface area contributed by atoms with Crippen LogP contribution in [0.3, 0.4) is 0 Å². The Morgan fingerprint density at radius 3 is 2.52 bits per heavy atom. The number of anilines is 2. The van der Waals surface area contributed by atoms with Gasteiger partial charge >= 0.3 is 0 Å². The Morgan fingerprint density at radius 2 is 1.81 bits per heavy atom. The highest BCUT2D eigenvalue weighted by atomic mass is 35.5. The standard InChI is InChI=1S/C15H20ClN3O2/c16-15-14(18-3-5-20-6-4-18)7-11(8-17-15)19-9-12-1-2-13(10-19)21-12/h7-8,12-13H,1-6,9-10H2. The van der Waals surface area contributed by atoms with Gasteiger partial charge in [-0.3, -0.25) is 0 Å². The van der Waals surface area contributed by atoms with E-state index in [0.29, 0.717) is 17.4 Å². The molecule has 3 saturated heterocycles. The fraction of sp³-hybridized carbons (Fsp3) is 0.667. The summed E-state index contributed by atoms with van der Waals surface area (Å²) >= 11 is 6.30. The number of morpholine rings is 2. The molecule has 114 valence electrons. The molecule has 3 aliphatic rings. The molecule has 0 aromatic carbocycles. The minimum atomic E-state index is 0.381. The Kier molecular flexibility index (Phi) is 3.65. The highest BCUT2D eigenvalue weighted by Gasteiger charge is 2.34. The molecule has 0 radical (unpaired) electrons. The van der Waals surface area contributed by atoms with Gasteiger partial charge in [0.05, 0.1) is 43.0 Å². The number of hydrogen-bond donors (Lipinski definition) is 0. The lowest BCUT2D eigenvalue weighted by Crippen LogP contribution is -2.43. The van der Waals surface area contributed by atoms with Gasteiger partial charge in [-0.05, 0) is 18.9 Å². The van der Waals surface area contributed by atoms with Crippen LogP contribution in [0.1, 0.15) is 12.8 Å². The Morgan fingerprint density at radius 1 is 1.10 bits per heavy atom. The van der Waals surface area contributed by atoms with E-state index in [1.54, 1.807) is 0 Å². The van der Waals surface area contributed by atoms with Gasteiger partial charge in [-0.15, -0.1) is 0 Å². The zero-order valence-corrected chi connectivity index (χ0v) is 12.8. The zero-order valence-electron chi connectivity index (χ0n) is 12.0. The molecule has 0 N–H and O–H groups in total. The molecule has 6 heteroatoms. The van der Waals surface area contributed by atoms with Gasteiger partial charge in [-0.25, -0.2) is 4.98 Å². The molecule has 5 nitrogen and oxygen atoms in total.